The van der Waals surface area contributed by atoms with Crippen LogP contribution < -0.4 is 0 Å². The summed E-state index contributed by atoms with van der Waals surface area (Å²) in [5.74, 6) is -0.0483. The minimum absolute atomic E-state index is 0.0483. The van der Waals surface area contributed by atoms with Crippen molar-refractivity contribution in [2.24, 2.45) is 0 Å². The van der Waals surface area contributed by atoms with Gasteiger partial charge < -0.3 is 0 Å². The molecule has 78 valence electrons. The molecule has 0 saturated heterocycles. The van der Waals surface area contributed by atoms with Crippen LogP contribution in [-0.2, 0) is 0 Å². The number of thiophene rings is 1. The second-order valence-corrected chi connectivity index (χ2v) is 5.59. The standard InChI is InChI=1S/C12H6BrNOS/c13-11-5-4-10(16-11)12(15)9-3-1-2-8(6-9)7-14/h1-6H. The Hall–Kier alpha value is -1.44. The quantitative estimate of drug-likeness (QED) is 0.793. The van der Waals surface area contributed by atoms with E-state index in [1.165, 1.54) is 11.3 Å². The van der Waals surface area contributed by atoms with Gasteiger partial charge in [-0.15, -0.1) is 11.3 Å². The average Bonchev–Trinajstić information content (AvgIpc) is 2.75. The first-order valence-corrected chi connectivity index (χ1v) is 6.12. The molecule has 0 unspecified atom stereocenters. The van der Waals surface area contributed by atoms with Gasteiger partial charge in [-0.05, 0) is 40.2 Å². The first-order chi connectivity index (χ1) is 7.70. The molecule has 1 aromatic carbocycles. The lowest BCUT2D eigenvalue weighted by Crippen LogP contribution is -1.98. The molecule has 0 amide bonds. The van der Waals surface area contributed by atoms with Crippen molar-refractivity contribution in [2.45, 2.75) is 0 Å². The molecule has 2 aromatic rings. The van der Waals surface area contributed by atoms with Crippen molar-refractivity contribution in [1.82, 2.24) is 0 Å². The van der Waals surface area contributed by atoms with Gasteiger partial charge in [0.1, 0.15) is 0 Å². The van der Waals surface area contributed by atoms with Crippen LogP contribution in [0.4, 0.5) is 0 Å². The summed E-state index contributed by atoms with van der Waals surface area (Å²) < 4.78 is 0.923. The molecule has 0 radical (unpaired) electrons. The molecule has 2 rings (SSSR count). The summed E-state index contributed by atoms with van der Waals surface area (Å²) in [7, 11) is 0. The van der Waals surface area contributed by atoms with Gasteiger partial charge in [0.2, 0.25) is 5.78 Å². The van der Waals surface area contributed by atoms with E-state index in [0.29, 0.717) is 16.0 Å². The number of carbonyl (C=O) groups excluding carboxylic acids is 1. The van der Waals surface area contributed by atoms with Crippen molar-refractivity contribution < 1.29 is 4.79 Å². The van der Waals surface area contributed by atoms with Gasteiger partial charge in [-0.2, -0.15) is 5.26 Å². The molecule has 0 fully saturated rings. The SMILES string of the molecule is N#Cc1cccc(C(=O)c2ccc(Br)s2)c1. The molecule has 0 bridgehead atoms. The molecule has 1 heterocycles. The van der Waals surface area contributed by atoms with E-state index in [0.717, 1.165) is 3.79 Å². The van der Waals surface area contributed by atoms with E-state index < -0.39 is 0 Å². The largest absolute Gasteiger partial charge is 0.288 e. The Kier molecular flexibility index (Phi) is 3.18. The lowest BCUT2D eigenvalue weighted by Gasteiger charge is -1.97. The Morgan fingerprint density at radius 1 is 1.31 bits per heavy atom. The fraction of sp³-hybridized carbons (Fsp3) is 0. The summed E-state index contributed by atoms with van der Waals surface area (Å²) >= 11 is 4.70. The molecule has 16 heavy (non-hydrogen) atoms. The zero-order chi connectivity index (χ0) is 11.5. The smallest absolute Gasteiger partial charge is 0.203 e. The predicted octanol–water partition coefficient (Wildman–Crippen LogP) is 3.61. The van der Waals surface area contributed by atoms with Gasteiger partial charge in [0.15, 0.2) is 0 Å². The third kappa shape index (κ3) is 2.21. The van der Waals surface area contributed by atoms with Crippen molar-refractivity contribution in [1.29, 1.82) is 5.26 Å². The number of benzene rings is 1. The van der Waals surface area contributed by atoms with E-state index in [2.05, 4.69) is 15.9 Å². The highest BCUT2D eigenvalue weighted by atomic mass is 79.9. The molecule has 1 aromatic heterocycles. The number of ketones is 1. The first kappa shape index (κ1) is 11.1. The van der Waals surface area contributed by atoms with Crippen molar-refractivity contribution >= 4 is 33.0 Å². The fourth-order valence-electron chi connectivity index (χ4n) is 1.31. The van der Waals surface area contributed by atoms with Crippen LogP contribution in [0.2, 0.25) is 0 Å². The van der Waals surface area contributed by atoms with Crippen LogP contribution in [0, 0.1) is 11.3 Å². The average molecular weight is 292 g/mol. The number of nitrogens with zero attached hydrogens (tertiary/aromatic N) is 1. The summed E-state index contributed by atoms with van der Waals surface area (Å²) in [6.07, 6.45) is 0. The van der Waals surface area contributed by atoms with E-state index in [4.69, 9.17) is 5.26 Å². The van der Waals surface area contributed by atoms with Crippen molar-refractivity contribution in [2.75, 3.05) is 0 Å². The van der Waals surface area contributed by atoms with Crippen LogP contribution in [-0.4, -0.2) is 5.78 Å². The molecule has 0 spiro atoms. The Morgan fingerprint density at radius 2 is 2.12 bits per heavy atom. The molecule has 0 atom stereocenters. The molecular weight excluding hydrogens is 286 g/mol. The van der Waals surface area contributed by atoms with Gasteiger partial charge in [0.25, 0.3) is 0 Å². The van der Waals surface area contributed by atoms with Crippen molar-refractivity contribution in [3.8, 4) is 6.07 Å². The summed E-state index contributed by atoms with van der Waals surface area (Å²) in [6.45, 7) is 0. The van der Waals surface area contributed by atoms with Crippen LogP contribution in [0.25, 0.3) is 0 Å². The maximum Gasteiger partial charge on any atom is 0.203 e. The third-order valence-electron chi connectivity index (χ3n) is 2.05. The van der Waals surface area contributed by atoms with Crippen LogP contribution in [0.5, 0.6) is 0 Å². The molecule has 4 heteroatoms. The first-order valence-electron chi connectivity index (χ1n) is 4.51. The number of nitriles is 1. The van der Waals surface area contributed by atoms with Gasteiger partial charge in [-0.25, -0.2) is 0 Å². The fourth-order valence-corrected chi connectivity index (χ4v) is 2.66. The van der Waals surface area contributed by atoms with Gasteiger partial charge in [-0.3, -0.25) is 4.79 Å². The highest BCUT2D eigenvalue weighted by molar-refractivity contribution is 9.11. The van der Waals surface area contributed by atoms with Crippen LogP contribution in [0.15, 0.2) is 40.2 Å². The number of hydrogen-bond donors (Lipinski definition) is 0. The Labute approximate surface area is 105 Å². The third-order valence-corrected chi connectivity index (χ3v) is 3.67. The van der Waals surface area contributed by atoms with E-state index in [-0.39, 0.29) is 5.78 Å². The van der Waals surface area contributed by atoms with Gasteiger partial charge in [-0.1, -0.05) is 12.1 Å². The Balaban J connectivity index is 2.38. The number of rotatable bonds is 2. The lowest BCUT2D eigenvalue weighted by atomic mass is 10.1. The van der Waals surface area contributed by atoms with Gasteiger partial charge in [0.05, 0.1) is 20.3 Å². The normalized spacial score (nSPS) is 9.75. The summed E-state index contributed by atoms with van der Waals surface area (Å²) in [4.78, 5) is 12.7. The summed E-state index contributed by atoms with van der Waals surface area (Å²) in [5.41, 5.74) is 1.05. The Morgan fingerprint density at radius 3 is 2.75 bits per heavy atom. The van der Waals surface area contributed by atoms with E-state index >= 15 is 0 Å². The topological polar surface area (TPSA) is 40.9 Å². The van der Waals surface area contributed by atoms with Crippen LogP contribution >= 0.6 is 27.3 Å². The predicted molar refractivity (Wildman–Crippen MR) is 66.6 cm³/mol. The molecule has 0 aliphatic heterocycles. The van der Waals surface area contributed by atoms with Crippen molar-refractivity contribution in [3.05, 3.63) is 56.2 Å². The molecule has 2 nitrogen and oxygen atoms in total. The second-order valence-electron chi connectivity index (χ2n) is 3.13. The monoisotopic (exact) mass is 291 g/mol. The van der Waals surface area contributed by atoms with Crippen LogP contribution in [0.3, 0.4) is 0 Å². The summed E-state index contributed by atoms with van der Waals surface area (Å²) in [6, 6.07) is 12.4. The zero-order valence-electron chi connectivity index (χ0n) is 8.11. The second kappa shape index (κ2) is 4.60. The Bertz CT molecular complexity index is 583. The number of carbonyl (C=O) groups is 1. The van der Waals surface area contributed by atoms with Gasteiger partial charge in [0, 0.05) is 5.56 Å². The highest BCUT2D eigenvalue weighted by Gasteiger charge is 2.11. The molecule has 0 saturated carbocycles. The minimum atomic E-state index is -0.0483. The van der Waals surface area contributed by atoms with E-state index in [1.807, 2.05) is 12.1 Å². The van der Waals surface area contributed by atoms with E-state index in [9.17, 15) is 4.79 Å². The summed E-state index contributed by atoms with van der Waals surface area (Å²) in [5, 5.41) is 8.75. The highest BCUT2D eigenvalue weighted by Crippen LogP contribution is 2.24. The molecule has 0 N–H and O–H groups in total. The minimum Gasteiger partial charge on any atom is -0.288 e. The number of halogens is 1. The zero-order valence-corrected chi connectivity index (χ0v) is 10.5. The van der Waals surface area contributed by atoms with Crippen LogP contribution in [0.1, 0.15) is 20.8 Å². The van der Waals surface area contributed by atoms with E-state index in [1.54, 1.807) is 30.3 Å². The molecule has 0 aliphatic carbocycles. The lowest BCUT2D eigenvalue weighted by molar-refractivity contribution is 0.104. The maximum atomic E-state index is 12.0. The molecular formula is C12H6BrNOS. The maximum absolute atomic E-state index is 12.0. The van der Waals surface area contributed by atoms with Crippen molar-refractivity contribution in [3.63, 3.8) is 0 Å². The van der Waals surface area contributed by atoms with Gasteiger partial charge >= 0.3 is 0 Å². The number of hydrogen-bond acceptors (Lipinski definition) is 3. The molecule has 0 aliphatic rings.